The lowest BCUT2D eigenvalue weighted by Gasteiger charge is -2.16. The first-order valence-electron chi connectivity index (χ1n) is 10.7. The van der Waals surface area contributed by atoms with Crippen molar-refractivity contribution in [2.45, 2.75) is 52.5 Å². The normalized spacial score (nSPS) is 13.5. The number of nitrogens with zero attached hydrogens (tertiary/aromatic N) is 2. The summed E-state index contributed by atoms with van der Waals surface area (Å²) in [5.41, 5.74) is -0.230. The second-order valence-corrected chi connectivity index (χ2v) is 8.23. The van der Waals surface area contributed by atoms with Gasteiger partial charge in [-0.05, 0) is 69.7 Å². The lowest BCUT2D eigenvalue weighted by atomic mass is 10.1. The van der Waals surface area contributed by atoms with Crippen molar-refractivity contribution < 1.29 is 37.1 Å². The summed E-state index contributed by atoms with van der Waals surface area (Å²) in [5.74, 6) is -1.02. The van der Waals surface area contributed by atoms with Crippen LogP contribution in [-0.4, -0.2) is 33.4 Å². The van der Waals surface area contributed by atoms with Crippen molar-refractivity contribution >= 4 is 5.97 Å². The molecule has 3 rings (SSSR count). The van der Waals surface area contributed by atoms with Crippen LogP contribution in [0.3, 0.4) is 0 Å². The topological polar surface area (TPSA) is 94.7 Å². The fraction of sp³-hybridized carbons (Fsp3) is 0.375. The number of benzene rings is 2. The van der Waals surface area contributed by atoms with E-state index >= 15 is 0 Å². The maximum atomic E-state index is 13.5. The fourth-order valence-electron chi connectivity index (χ4n) is 3.26. The van der Waals surface area contributed by atoms with Crippen molar-refractivity contribution in [1.29, 1.82) is 0 Å². The van der Waals surface area contributed by atoms with Crippen LogP contribution in [0.15, 0.2) is 47.0 Å². The number of aliphatic carboxylic acids is 1. The van der Waals surface area contributed by atoms with E-state index in [1.807, 2.05) is 0 Å². The monoisotopic (exact) mass is 478 g/mol. The zero-order valence-corrected chi connectivity index (χ0v) is 19.1. The highest BCUT2D eigenvalue weighted by molar-refractivity contribution is 5.69. The van der Waals surface area contributed by atoms with Crippen LogP contribution in [0.4, 0.5) is 13.2 Å². The third kappa shape index (κ3) is 6.27. The molecule has 0 saturated carbocycles. The zero-order valence-electron chi connectivity index (χ0n) is 19.1. The minimum atomic E-state index is -4.61. The Morgan fingerprint density at radius 3 is 2.26 bits per heavy atom. The number of aromatic nitrogens is 2. The second-order valence-electron chi connectivity index (χ2n) is 8.23. The first kappa shape index (κ1) is 25.1. The Morgan fingerprint density at radius 2 is 1.68 bits per heavy atom. The van der Waals surface area contributed by atoms with Crippen molar-refractivity contribution in [2.24, 2.45) is 5.92 Å². The van der Waals surface area contributed by atoms with E-state index in [0.29, 0.717) is 17.7 Å². The molecule has 34 heavy (non-hydrogen) atoms. The van der Waals surface area contributed by atoms with E-state index in [1.54, 1.807) is 52.0 Å². The highest BCUT2D eigenvalue weighted by Crippen LogP contribution is 2.39. The first-order chi connectivity index (χ1) is 15.9. The van der Waals surface area contributed by atoms with Crippen LogP contribution in [0, 0.1) is 5.92 Å². The van der Waals surface area contributed by atoms with Gasteiger partial charge < -0.3 is 19.1 Å². The predicted molar refractivity (Wildman–Crippen MR) is 117 cm³/mol. The number of hydrogen-bond acceptors (Lipinski definition) is 6. The van der Waals surface area contributed by atoms with Gasteiger partial charge in [0, 0.05) is 11.1 Å². The highest BCUT2D eigenvalue weighted by atomic mass is 19.4. The molecule has 1 heterocycles. The molecule has 10 heteroatoms. The second kappa shape index (κ2) is 10.1. The summed E-state index contributed by atoms with van der Waals surface area (Å²) >= 11 is 0. The van der Waals surface area contributed by atoms with Crippen LogP contribution in [-0.2, 0) is 11.0 Å². The SMILES string of the molecule is CC(C)Oc1ccc(-c2noc(-c3ccc(OC(C)C[C@@H](C)C(=O)O)cc3)n2)cc1C(F)(F)F. The largest absolute Gasteiger partial charge is 0.491 e. The Kier molecular flexibility index (Phi) is 7.48. The van der Waals surface area contributed by atoms with Crippen molar-refractivity contribution in [3.63, 3.8) is 0 Å². The molecule has 3 aromatic rings. The zero-order chi connectivity index (χ0) is 25.0. The van der Waals surface area contributed by atoms with Gasteiger partial charge in [-0.1, -0.05) is 12.1 Å². The average Bonchev–Trinajstić information content (AvgIpc) is 3.23. The minimum absolute atomic E-state index is 0.00760. The summed E-state index contributed by atoms with van der Waals surface area (Å²) in [7, 11) is 0. The van der Waals surface area contributed by atoms with Gasteiger partial charge in [0.05, 0.1) is 23.7 Å². The predicted octanol–water partition coefficient (Wildman–Crippen LogP) is 6.09. The van der Waals surface area contributed by atoms with Crippen LogP contribution in [0.25, 0.3) is 22.8 Å². The van der Waals surface area contributed by atoms with Gasteiger partial charge in [-0.2, -0.15) is 18.2 Å². The van der Waals surface area contributed by atoms with Gasteiger partial charge in [-0.15, -0.1) is 0 Å². The number of hydrogen-bond donors (Lipinski definition) is 1. The van der Waals surface area contributed by atoms with Crippen molar-refractivity contribution in [3.8, 4) is 34.3 Å². The summed E-state index contributed by atoms with van der Waals surface area (Å²) in [5, 5.41) is 12.8. The molecule has 1 unspecified atom stereocenters. The van der Waals surface area contributed by atoms with E-state index in [1.165, 1.54) is 12.1 Å². The number of alkyl halides is 3. The minimum Gasteiger partial charge on any atom is -0.491 e. The fourth-order valence-corrected chi connectivity index (χ4v) is 3.26. The third-order valence-electron chi connectivity index (χ3n) is 4.88. The molecule has 0 fully saturated rings. The highest BCUT2D eigenvalue weighted by Gasteiger charge is 2.35. The summed E-state index contributed by atoms with van der Waals surface area (Å²) in [6, 6.07) is 10.3. The summed E-state index contributed by atoms with van der Waals surface area (Å²) in [4.78, 5) is 15.2. The van der Waals surface area contributed by atoms with Gasteiger partial charge in [-0.3, -0.25) is 4.79 Å². The molecule has 1 aromatic heterocycles. The third-order valence-corrected chi connectivity index (χ3v) is 4.88. The molecule has 7 nitrogen and oxygen atoms in total. The van der Waals surface area contributed by atoms with Crippen molar-refractivity contribution in [2.75, 3.05) is 0 Å². The van der Waals surface area contributed by atoms with E-state index in [9.17, 15) is 18.0 Å². The van der Waals surface area contributed by atoms with Crippen LogP contribution >= 0.6 is 0 Å². The number of halogens is 3. The van der Waals surface area contributed by atoms with Gasteiger partial charge >= 0.3 is 12.1 Å². The number of carboxylic acid groups (broad SMARTS) is 1. The van der Waals surface area contributed by atoms with E-state index in [4.69, 9.17) is 19.1 Å². The maximum Gasteiger partial charge on any atom is 0.419 e. The van der Waals surface area contributed by atoms with Gasteiger partial charge in [0.2, 0.25) is 5.82 Å². The molecule has 2 atom stereocenters. The molecule has 0 aliphatic carbocycles. The van der Waals surface area contributed by atoms with E-state index < -0.39 is 29.7 Å². The molecule has 1 N–H and O–H groups in total. The molecule has 0 bridgehead atoms. The van der Waals surface area contributed by atoms with Gasteiger partial charge in [-0.25, -0.2) is 0 Å². The first-order valence-corrected chi connectivity index (χ1v) is 10.7. The molecule has 0 spiro atoms. The van der Waals surface area contributed by atoms with E-state index in [-0.39, 0.29) is 29.1 Å². The van der Waals surface area contributed by atoms with Crippen LogP contribution in [0.2, 0.25) is 0 Å². The number of carboxylic acids is 1. The number of rotatable bonds is 9. The molecular weight excluding hydrogens is 453 g/mol. The molecule has 182 valence electrons. The van der Waals surface area contributed by atoms with E-state index in [0.717, 1.165) is 6.07 Å². The number of ether oxygens (including phenoxy) is 2. The van der Waals surface area contributed by atoms with Gasteiger partial charge in [0.25, 0.3) is 5.89 Å². The molecular formula is C24H25F3N2O5. The molecule has 0 aliphatic rings. The van der Waals surface area contributed by atoms with E-state index in [2.05, 4.69) is 10.1 Å². The molecule has 2 aromatic carbocycles. The average molecular weight is 478 g/mol. The Hall–Kier alpha value is -3.56. The van der Waals surface area contributed by atoms with Crippen molar-refractivity contribution in [1.82, 2.24) is 10.1 Å². The Bertz CT molecular complexity index is 1130. The summed E-state index contributed by atoms with van der Waals surface area (Å²) in [6.45, 7) is 6.69. The Labute approximate surface area is 194 Å². The summed E-state index contributed by atoms with van der Waals surface area (Å²) in [6.07, 6.45) is -4.98. The molecule has 0 radical (unpaired) electrons. The Balaban J connectivity index is 1.77. The van der Waals surface area contributed by atoms with Gasteiger partial charge in [0.1, 0.15) is 11.5 Å². The van der Waals surface area contributed by atoms with Gasteiger partial charge in [0.15, 0.2) is 0 Å². The quantitative estimate of drug-likeness (QED) is 0.398. The molecule has 0 amide bonds. The van der Waals surface area contributed by atoms with Crippen molar-refractivity contribution in [3.05, 3.63) is 48.0 Å². The smallest absolute Gasteiger partial charge is 0.419 e. The van der Waals surface area contributed by atoms with Crippen LogP contribution < -0.4 is 9.47 Å². The Morgan fingerprint density at radius 1 is 1.03 bits per heavy atom. The molecule has 0 saturated heterocycles. The van der Waals surface area contributed by atoms with Crippen LogP contribution in [0.1, 0.15) is 39.7 Å². The standard InChI is InChI=1S/C24H25F3N2O5/c1-13(2)32-20-10-7-17(12-19(20)24(25,26)27)21-28-22(34-29-21)16-5-8-18(9-6-16)33-15(4)11-14(3)23(30)31/h5-10,12-15H,11H2,1-4H3,(H,30,31)/t14-,15?/m1/s1. The molecule has 0 aliphatic heterocycles. The summed E-state index contributed by atoms with van der Waals surface area (Å²) < 4.78 is 56.8. The lowest BCUT2D eigenvalue weighted by molar-refractivity contribution is -0.142. The maximum absolute atomic E-state index is 13.5. The van der Waals surface area contributed by atoms with Crippen LogP contribution in [0.5, 0.6) is 11.5 Å². The lowest BCUT2D eigenvalue weighted by Crippen LogP contribution is -2.20. The number of carbonyl (C=O) groups is 1.